The van der Waals surface area contributed by atoms with Gasteiger partial charge in [0, 0.05) is 13.1 Å². The normalized spacial score (nSPS) is 6.00. The maximum atomic E-state index is 8.25. The van der Waals surface area contributed by atoms with E-state index >= 15 is 0 Å². The van der Waals surface area contributed by atoms with Gasteiger partial charge in [0.15, 0.2) is 0 Å². The summed E-state index contributed by atoms with van der Waals surface area (Å²) in [4.78, 5) is 8.25. The van der Waals surface area contributed by atoms with Crippen molar-refractivity contribution in [1.82, 2.24) is 0 Å². The topological polar surface area (TPSA) is 118 Å². The van der Waals surface area contributed by atoms with Crippen molar-refractivity contribution >= 4 is 0 Å². The van der Waals surface area contributed by atoms with E-state index in [1.54, 1.807) is 0 Å². The van der Waals surface area contributed by atoms with Crippen LogP contribution < -0.4 is 11.5 Å². The molecule has 7 heteroatoms. The Bertz CT molecular complexity index is 55.0. The number of hydrogen-bond donors (Lipinski definition) is 2. The third kappa shape index (κ3) is 637. The summed E-state index contributed by atoms with van der Waals surface area (Å²) in [5.41, 5.74) is 9.81. The Kier molecular flexibility index (Phi) is 27.5. The molecule has 0 aromatic rings. The first-order chi connectivity index (χ1) is 3.65. The summed E-state index contributed by atoms with van der Waals surface area (Å²) in [5.74, 6) is 0. The minimum atomic E-state index is -1.75. The molecule has 0 aliphatic rings. The van der Waals surface area contributed by atoms with Gasteiger partial charge in [-0.2, -0.15) is 0 Å². The third-order valence-electron chi connectivity index (χ3n) is 0.167. The average Bonchev–Trinajstić information content (AvgIpc) is 1.65. The molecule has 6 nitrogen and oxygen atoms in total. The first-order valence-corrected chi connectivity index (χ1v) is 1.86. The van der Waals surface area contributed by atoms with E-state index in [1.165, 1.54) is 0 Å². The van der Waals surface area contributed by atoms with Crippen molar-refractivity contribution in [3.8, 4) is 0 Å². The van der Waals surface area contributed by atoms with E-state index in [0.717, 1.165) is 0 Å². The minimum absolute atomic E-state index is 0. The van der Waals surface area contributed by atoms with Gasteiger partial charge in [0.25, 0.3) is 0 Å². The van der Waals surface area contributed by atoms with Crippen LogP contribution in [0.5, 0.6) is 0 Å². The van der Waals surface area contributed by atoms with Gasteiger partial charge in [-0.25, -0.2) is 0 Å². The van der Waals surface area contributed by atoms with Gasteiger partial charge in [-0.1, -0.05) is 0 Å². The number of nitrogens with zero attached hydrogens (tertiary/aromatic N) is 1. The van der Waals surface area contributed by atoms with E-state index in [0.29, 0.717) is 13.1 Å². The number of rotatable bonds is 1. The molecule has 0 aromatic carbocycles. The summed E-state index contributed by atoms with van der Waals surface area (Å²) >= 11 is 0. The third-order valence-corrected chi connectivity index (χ3v) is 0.167. The first-order valence-electron chi connectivity index (χ1n) is 1.86. The van der Waals surface area contributed by atoms with Crippen LogP contribution >= 0.6 is 0 Å². The quantitative estimate of drug-likeness (QED) is 0.294. The summed E-state index contributed by atoms with van der Waals surface area (Å²) in [6, 6.07) is 0. The maximum absolute atomic E-state index is 8.25. The van der Waals surface area contributed by atoms with Gasteiger partial charge in [-0.3, -0.25) is 0 Å². The number of hydrogen-bond acceptors (Lipinski definition) is 5. The zero-order valence-electron chi connectivity index (χ0n) is 4.56. The second kappa shape index (κ2) is 15.6. The van der Waals surface area contributed by atoms with Gasteiger partial charge in [0.1, 0.15) is 0 Å². The van der Waals surface area contributed by atoms with Crippen molar-refractivity contribution in [2.75, 3.05) is 13.1 Å². The van der Waals surface area contributed by atoms with Crippen molar-refractivity contribution in [3.05, 3.63) is 15.3 Å². The maximum Gasteiger partial charge on any atom is 2.00 e. The molecule has 0 saturated carbocycles. The van der Waals surface area contributed by atoms with E-state index in [4.69, 9.17) is 26.8 Å². The molecule has 0 aliphatic carbocycles. The molecule has 0 fully saturated rings. The molecule has 0 rings (SSSR count). The van der Waals surface area contributed by atoms with E-state index in [1.807, 2.05) is 0 Å². The summed E-state index contributed by atoms with van der Waals surface area (Å²) < 4.78 is 0. The zero-order chi connectivity index (χ0) is 6.99. The molecule has 4 N–H and O–H groups in total. The fraction of sp³-hybridized carbons (Fsp3) is 1.00. The molecule has 0 aliphatic heterocycles. The van der Waals surface area contributed by atoms with Crippen LogP contribution in [-0.4, -0.2) is 18.2 Å². The zero-order valence-corrected chi connectivity index (χ0v) is 5.54. The molecule has 0 aromatic heterocycles. The van der Waals surface area contributed by atoms with Gasteiger partial charge in [0.2, 0.25) is 0 Å². The molecule has 58 valence electrons. The molecule has 0 bridgehead atoms. The summed E-state index contributed by atoms with van der Waals surface area (Å²) in [6.45, 7) is 1.19. The molecule has 0 heterocycles. The van der Waals surface area contributed by atoms with Crippen molar-refractivity contribution in [1.29, 1.82) is 0 Å². The molecule has 0 atom stereocenters. The molecule has 0 radical (unpaired) electrons. The monoisotopic (exact) mass is 180 g/mol. The number of nitrogens with two attached hydrogens (primary N) is 2. The average molecular weight is 181 g/mol. The summed E-state index contributed by atoms with van der Waals surface area (Å²) in [7, 11) is 0. The van der Waals surface area contributed by atoms with Crippen LogP contribution in [0.3, 0.4) is 0 Å². The molecular weight excluding hydrogens is 173 g/mol. The standard InChI is InChI=1S/C2H8N2.NO3.Ni/c3-1-2-4;2-1(3)4;/h1-4H2;;/q;-1;+2. The molecule has 0 amide bonds. The Balaban J connectivity index is -0.0000000720. The Morgan fingerprint density at radius 3 is 1.33 bits per heavy atom. The largest absolute Gasteiger partial charge is 2.00 e. The molecule has 0 saturated heterocycles. The fourth-order valence-corrected chi connectivity index (χ4v) is 0. The van der Waals surface area contributed by atoms with Gasteiger partial charge in [-0.15, -0.1) is 0 Å². The van der Waals surface area contributed by atoms with Crippen LogP contribution in [0.15, 0.2) is 0 Å². The van der Waals surface area contributed by atoms with Crippen LogP contribution in [0.1, 0.15) is 0 Å². The predicted octanol–water partition coefficient (Wildman–Crippen LogP) is -1.34. The Labute approximate surface area is 62.2 Å². The van der Waals surface area contributed by atoms with Gasteiger partial charge in [-0.05, 0) is 0 Å². The van der Waals surface area contributed by atoms with E-state index in [2.05, 4.69) is 0 Å². The van der Waals surface area contributed by atoms with E-state index in [9.17, 15) is 0 Å². The van der Waals surface area contributed by atoms with Crippen LogP contribution in [-0.2, 0) is 16.5 Å². The second-order valence-corrected chi connectivity index (χ2v) is 0.801. The van der Waals surface area contributed by atoms with Crippen LogP contribution in [0.2, 0.25) is 0 Å². The summed E-state index contributed by atoms with van der Waals surface area (Å²) in [5, 5.41) is 14.8. The smallest absolute Gasteiger partial charge is 0.356 e. The van der Waals surface area contributed by atoms with Crippen molar-refractivity contribution < 1.29 is 21.6 Å². The predicted molar refractivity (Wildman–Crippen MR) is 28.5 cm³/mol. The SMILES string of the molecule is NCCN.O=[N+]([O-])[O-].[Ni+2]. The van der Waals surface area contributed by atoms with E-state index < -0.39 is 5.09 Å². The van der Waals surface area contributed by atoms with Gasteiger partial charge in [0.05, 0.1) is 5.09 Å². The van der Waals surface area contributed by atoms with Crippen LogP contribution in [0, 0.1) is 15.3 Å². The fourth-order valence-electron chi connectivity index (χ4n) is 0. The molecule has 0 unspecified atom stereocenters. The Morgan fingerprint density at radius 1 is 1.22 bits per heavy atom. The van der Waals surface area contributed by atoms with Gasteiger partial charge >= 0.3 is 16.5 Å². The molecule has 0 spiro atoms. The minimum Gasteiger partial charge on any atom is -0.356 e. The van der Waals surface area contributed by atoms with Gasteiger partial charge < -0.3 is 26.8 Å². The van der Waals surface area contributed by atoms with Crippen molar-refractivity contribution in [2.24, 2.45) is 11.5 Å². The van der Waals surface area contributed by atoms with Crippen molar-refractivity contribution in [3.63, 3.8) is 0 Å². The summed E-state index contributed by atoms with van der Waals surface area (Å²) in [6.07, 6.45) is 0. The van der Waals surface area contributed by atoms with Crippen LogP contribution in [0.25, 0.3) is 0 Å². The first kappa shape index (κ1) is 15.8. The Hall–Kier alpha value is -0.386. The molecule has 9 heavy (non-hydrogen) atoms. The van der Waals surface area contributed by atoms with Crippen LogP contribution in [0.4, 0.5) is 0 Å². The van der Waals surface area contributed by atoms with Crippen molar-refractivity contribution in [2.45, 2.75) is 0 Å². The second-order valence-electron chi connectivity index (χ2n) is 0.801. The Morgan fingerprint density at radius 2 is 1.33 bits per heavy atom. The molecular formula is C2H8N3NiO3+. The van der Waals surface area contributed by atoms with E-state index in [-0.39, 0.29) is 16.5 Å².